The van der Waals surface area contributed by atoms with E-state index in [1.807, 2.05) is 0 Å². The van der Waals surface area contributed by atoms with Gasteiger partial charge in [0.2, 0.25) is 0 Å². The molecule has 0 unspecified atom stereocenters. The molecule has 5 nitrogen and oxygen atoms in total. The van der Waals surface area contributed by atoms with Gasteiger partial charge >= 0.3 is 0 Å². The SMILES string of the molecule is CCS(=O)(=O)CCN1CCCN(CCO)CC1. The highest BCUT2D eigenvalue weighted by Gasteiger charge is 2.16. The Morgan fingerprint density at radius 3 is 2.18 bits per heavy atom. The highest BCUT2D eigenvalue weighted by atomic mass is 32.2. The van der Waals surface area contributed by atoms with Gasteiger partial charge in [-0.1, -0.05) is 6.92 Å². The van der Waals surface area contributed by atoms with Crippen LogP contribution in [0.5, 0.6) is 0 Å². The first-order valence-electron chi connectivity index (χ1n) is 6.33. The van der Waals surface area contributed by atoms with Crippen molar-refractivity contribution in [2.24, 2.45) is 0 Å². The van der Waals surface area contributed by atoms with Gasteiger partial charge in [0.05, 0.1) is 12.4 Å². The zero-order valence-electron chi connectivity index (χ0n) is 10.6. The van der Waals surface area contributed by atoms with Gasteiger partial charge < -0.3 is 10.0 Å². The molecule has 0 atom stereocenters. The van der Waals surface area contributed by atoms with Crippen molar-refractivity contribution in [3.8, 4) is 0 Å². The molecular weight excluding hydrogens is 240 g/mol. The Kier molecular flexibility index (Phi) is 6.40. The molecule has 1 saturated heterocycles. The predicted octanol–water partition coefficient (Wildman–Crippen LogP) is -0.579. The van der Waals surface area contributed by atoms with E-state index in [1.165, 1.54) is 0 Å². The second kappa shape index (κ2) is 7.31. The largest absolute Gasteiger partial charge is 0.395 e. The minimum Gasteiger partial charge on any atom is -0.395 e. The van der Waals surface area contributed by atoms with Crippen LogP contribution in [0.3, 0.4) is 0 Å². The minimum atomic E-state index is -2.85. The van der Waals surface area contributed by atoms with Crippen molar-refractivity contribution in [2.45, 2.75) is 13.3 Å². The van der Waals surface area contributed by atoms with E-state index in [0.717, 1.165) is 39.1 Å². The maximum atomic E-state index is 11.4. The fraction of sp³-hybridized carbons (Fsp3) is 1.00. The van der Waals surface area contributed by atoms with E-state index in [-0.39, 0.29) is 18.1 Å². The summed E-state index contributed by atoms with van der Waals surface area (Å²) < 4.78 is 22.8. The fourth-order valence-corrected chi connectivity index (χ4v) is 2.85. The summed E-state index contributed by atoms with van der Waals surface area (Å²) >= 11 is 0. The average Bonchev–Trinajstić information content (AvgIpc) is 2.53. The van der Waals surface area contributed by atoms with E-state index < -0.39 is 9.84 Å². The molecule has 0 radical (unpaired) electrons. The highest BCUT2D eigenvalue weighted by molar-refractivity contribution is 7.91. The molecule has 0 bridgehead atoms. The van der Waals surface area contributed by atoms with Crippen LogP contribution in [0, 0.1) is 0 Å². The van der Waals surface area contributed by atoms with E-state index in [1.54, 1.807) is 6.92 Å². The lowest BCUT2D eigenvalue weighted by Crippen LogP contribution is -2.34. The van der Waals surface area contributed by atoms with Crippen molar-refractivity contribution in [3.63, 3.8) is 0 Å². The molecule has 17 heavy (non-hydrogen) atoms. The molecule has 0 spiro atoms. The van der Waals surface area contributed by atoms with Gasteiger partial charge in [-0.3, -0.25) is 4.90 Å². The van der Waals surface area contributed by atoms with Gasteiger partial charge in [0.25, 0.3) is 0 Å². The van der Waals surface area contributed by atoms with E-state index in [9.17, 15) is 8.42 Å². The number of sulfone groups is 1. The maximum Gasteiger partial charge on any atom is 0.151 e. The normalized spacial score (nSPS) is 20.4. The zero-order valence-corrected chi connectivity index (χ0v) is 11.5. The lowest BCUT2D eigenvalue weighted by Gasteiger charge is -2.20. The Morgan fingerprint density at radius 2 is 1.65 bits per heavy atom. The summed E-state index contributed by atoms with van der Waals surface area (Å²) in [6.45, 7) is 7.04. The number of aliphatic hydroxyl groups excluding tert-OH is 1. The third kappa shape index (κ3) is 5.81. The van der Waals surface area contributed by atoms with Crippen LogP contribution in [-0.4, -0.2) is 80.7 Å². The van der Waals surface area contributed by atoms with Crippen LogP contribution in [0.1, 0.15) is 13.3 Å². The summed E-state index contributed by atoms with van der Waals surface area (Å²) in [5, 5.41) is 8.88. The summed E-state index contributed by atoms with van der Waals surface area (Å²) in [4.78, 5) is 4.44. The van der Waals surface area contributed by atoms with Crippen molar-refractivity contribution < 1.29 is 13.5 Å². The van der Waals surface area contributed by atoms with E-state index in [0.29, 0.717) is 6.54 Å². The Hall–Kier alpha value is -0.170. The molecular formula is C11H24N2O3S. The standard InChI is InChI=1S/C11H24N2O3S/c1-2-17(15,16)11-9-13-5-3-4-12(6-7-13)8-10-14/h14H,2-11H2,1H3. The van der Waals surface area contributed by atoms with Gasteiger partial charge in [0.15, 0.2) is 9.84 Å². The lowest BCUT2D eigenvalue weighted by atomic mass is 10.4. The first-order valence-corrected chi connectivity index (χ1v) is 8.15. The Labute approximate surface area is 104 Å². The van der Waals surface area contributed by atoms with Crippen molar-refractivity contribution >= 4 is 9.84 Å². The number of hydrogen-bond donors (Lipinski definition) is 1. The van der Waals surface area contributed by atoms with Gasteiger partial charge in [-0.15, -0.1) is 0 Å². The number of hydrogen-bond acceptors (Lipinski definition) is 5. The maximum absolute atomic E-state index is 11.4. The van der Waals surface area contributed by atoms with E-state index in [4.69, 9.17) is 5.11 Å². The second-order valence-electron chi connectivity index (χ2n) is 4.50. The van der Waals surface area contributed by atoms with Crippen LogP contribution >= 0.6 is 0 Å². The zero-order chi connectivity index (χ0) is 12.7. The third-order valence-corrected chi connectivity index (χ3v) is 4.94. The van der Waals surface area contributed by atoms with Crippen molar-refractivity contribution in [1.82, 2.24) is 9.80 Å². The fourth-order valence-electron chi connectivity index (χ4n) is 2.03. The van der Waals surface area contributed by atoms with E-state index in [2.05, 4.69) is 9.80 Å². The Morgan fingerprint density at radius 1 is 1.06 bits per heavy atom. The molecule has 0 saturated carbocycles. The molecule has 0 aliphatic carbocycles. The Balaban J connectivity index is 2.32. The van der Waals surface area contributed by atoms with Gasteiger partial charge in [-0.05, 0) is 19.5 Å². The number of nitrogens with zero attached hydrogens (tertiary/aromatic N) is 2. The van der Waals surface area contributed by atoms with Crippen molar-refractivity contribution in [2.75, 3.05) is 57.4 Å². The minimum absolute atomic E-state index is 0.199. The number of aliphatic hydroxyl groups is 1. The predicted molar refractivity (Wildman–Crippen MR) is 68.9 cm³/mol. The van der Waals surface area contributed by atoms with Gasteiger partial charge in [-0.25, -0.2) is 8.42 Å². The molecule has 1 rings (SSSR count). The topological polar surface area (TPSA) is 60.9 Å². The van der Waals surface area contributed by atoms with Gasteiger partial charge in [-0.2, -0.15) is 0 Å². The number of rotatable bonds is 6. The molecule has 1 heterocycles. The molecule has 0 amide bonds. The van der Waals surface area contributed by atoms with E-state index >= 15 is 0 Å². The quantitative estimate of drug-likeness (QED) is 0.695. The average molecular weight is 264 g/mol. The first kappa shape index (κ1) is 14.9. The summed E-state index contributed by atoms with van der Waals surface area (Å²) in [6, 6.07) is 0. The summed E-state index contributed by atoms with van der Waals surface area (Å²) in [6.07, 6.45) is 1.05. The molecule has 1 aliphatic heterocycles. The van der Waals surface area contributed by atoms with Gasteiger partial charge in [0, 0.05) is 31.9 Å². The molecule has 6 heteroatoms. The van der Waals surface area contributed by atoms with Crippen LogP contribution in [0.15, 0.2) is 0 Å². The van der Waals surface area contributed by atoms with Crippen LogP contribution in [0.25, 0.3) is 0 Å². The third-order valence-electron chi connectivity index (χ3n) is 3.26. The van der Waals surface area contributed by atoms with Crippen LogP contribution in [-0.2, 0) is 9.84 Å². The van der Waals surface area contributed by atoms with Crippen LogP contribution in [0.4, 0.5) is 0 Å². The van der Waals surface area contributed by atoms with Gasteiger partial charge in [0.1, 0.15) is 0 Å². The molecule has 102 valence electrons. The smallest absolute Gasteiger partial charge is 0.151 e. The lowest BCUT2D eigenvalue weighted by molar-refractivity contribution is 0.198. The molecule has 1 fully saturated rings. The summed E-state index contributed by atoms with van der Waals surface area (Å²) in [5.41, 5.74) is 0. The molecule has 0 aromatic heterocycles. The van der Waals surface area contributed by atoms with Crippen molar-refractivity contribution in [1.29, 1.82) is 0 Å². The molecule has 1 N–H and O–H groups in total. The monoisotopic (exact) mass is 264 g/mol. The van der Waals surface area contributed by atoms with Crippen molar-refractivity contribution in [3.05, 3.63) is 0 Å². The van der Waals surface area contributed by atoms with Crippen LogP contribution in [0.2, 0.25) is 0 Å². The number of β-amino-alcohol motifs (C(OH)–C–C–N with tert-alkyl or cyclic N) is 1. The molecule has 1 aliphatic rings. The Bertz CT molecular complexity index is 306. The second-order valence-corrected chi connectivity index (χ2v) is 6.97. The first-order chi connectivity index (χ1) is 8.07. The summed E-state index contributed by atoms with van der Waals surface area (Å²) in [5.74, 6) is 0.501. The molecule has 0 aromatic rings. The summed E-state index contributed by atoms with van der Waals surface area (Å²) in [7, 11) is -2.85. The highest BCUT2D eigenvalue weighted by Crippen LogP contribution is 2.03. The molecule has 0 aromatic carbocycles. The van der Waals surface area contributed by atoms with Crippen LogP contribution < -0.4 is 0 Å².